The fraction of sp³-hybridized carbons (Fsp3) is 0.692. The predicted molar refractivity (Wildman–Crippen MR) is 78.8 cm³/mol. The van der Waals surface area contributed by atoms with Gasteiger partial charge in [-0.25, -0.2) is 0 Å². The van der Waals surface area contributed by atoms with Crippen LogP contribution in [0.1, 0.15) is 37.1 Å². The molecule has 2 rings (SSSR count). The van der Waals surface area contributed by atoms with E-state index in [-0.39, 0.29) is 23.8 Å². The standard InChI is InChI=1S/C13H20N4O3S/c1-20-11(18)4-2-3-10-16-17-13(21-10)15-12(19)8-5-6-9(14)7-8/h8-9H,2-7,14H2,1H3,(H,15,17,19). The minimum Gasteiger partial charge on any atom is -0.469 e. The molecule has 116 valence electrons. The van der Waals surface area contributed by atoms with E-state index >= 15 is 0 Å². The largest absolute Gasteiger partial charge is 0.469 e. The Morgan fingerprint density at radius 3 is 2.90 bits per heavy atom. The van der Waals surface area contributed by atoms with Crippen molar-refractivity contribution in [2.45, 2.75) is 44.6 Å². The maximum absolute atomic E-state index is 12.0. The highest BCUT2D eigenvalue weighted by molar-refractivity contribution is 7.15. The minimum absolute atomic E-state index is 0.0216. The zero-order valence-corrected chi connectivity index (χ0v) is 12.8. The molecule has 2 unspecified atom stereocenters. The summed E-state index contributed by atoms with van der Waals surface area (Å²) in [5.41, 5.74) is 5.81. The Morgan fingerprint density at radius 1 is 1.43 bits per heavy atom. The Labute approximate surface area is 127 Å². The van der Waals surface area contributed by atoms with Gasteiger partial charge in [0.05, 0.1) is 7.11 Å². The van der Waals surface area contributed by atoms with Crippen LogP contribution >= 0.6 is 11.3 Å². The lowest BCUT2D eigenvalue weighted by molar-refractivity contribution is -0.140. The average molecular weight is 312 g/mol. The van der Waals surface area contributed by atoms with Gasteiger partial charge in [0.15, 0.2) is 0 Å². The molecule has 0 bridgehead atoms. The van der Waals surface area contributed by atoms with Gasteiger partial charge in [-0.3, -0.25) is 9.59 Å². The summed E-state index contributed by atoms with van der Waals surface area (Å²) >= 11 is 1.34. The average Bonchev–Trinajstić information content (AvgIpc) is 3.08. The molecule has 0 aromatic carbocycles. The summed E-state index contributed by atoms with van der Waals surface area (Å²) in [6.45, 7) is 0. The first kappa shape index (κ1) is 15.8. The van der Waals surface area contributed by atoms with Crippen LogP contribution in [0.4, 0.5) is 5.13 Å². The van der Waals surface area contributed by atoms with Crippen molar-refractivity contribution in [2.24, 2.45) is 11.7 Å². The molecule has 1 aliphatic carbocycles. The van der Waals surface area contributed by atoms with Gasteiger partial charge in [-0.2, -0.15) is 0 Å². The van der Waals surface area contributed by atoms with Gasteiger partial charge in [0.2, 0.25) is 11.0 Å². The number of rotatable bonds is 6. The molecule has 1 aromatic heterocycles. The fourth-order valence-electron chi connectivity index (χ4n) is 2.35. The van der Waals surface area contributed by atoms with Crippen LogP contribution in [-0.2, 0) is 20.7 Å². The number of anilines is 1. The molecule has 1 aliphatic rings. The van der Waals surface area contributed by atoms with Crippen LogP contribution < -0.4 is 11.1 Å². The molecule has 1 heterocycles. The van der Waals surface area contributed by atoms with Gasteiger partial charge < -0.3 is 15.8 Å². The number of carbonyl (C=O) groups excluding carboxylic acids is 2. The van der Waals surface area contributed by atoms with E-state index in [1.165, 1.54) is 18.4 Å². The van der Waals surface area contributed by atoms with E-state index in [1.807, 2.05) is 0 Å². The van der Waals surface area contributed by atoms with Crippen molar-refractivity contribution in [3.05, 3.63) is 5.01 Å². The molecule has 0 aliphatic heterocycles. The van der Waals surface area contributed by atoms with E-state index in [0.29, 0.717) is 24.4 Å². The molecule has 1 saturated carbocycles. The first-order valence-corrected chi connectivity index (χ1v) is 7.85. The van der Waals surface area contributed by atoms with Crippen LogP contribution in [0.15, 0.2) is 0 Å². The maximum atomic E-state index is 12.0. The summed E-state index contributed by atoms with van der Waals surface area (Å²) in [7, 11) is 1.37. The van der Waals surface area contributed by atoms with Gasteiger partial charge in [0, 0.05) is 24.8 Å². The number of nitrogens with two attached hydrogens (primary N) is 1. The molecule has 2 atom stereocenters. The predicted octanol–water partition coefficient (Wildman–Crippen LogP) is 1.10. The van der Waals surface area contributed by atoms with E-state index in [0.717, 1.165) is 24.3 Å². The van der Waals surface area contributed by atoms with E-state index in [1.54, 1.807) is 0 Å². The molecule has 0 saturated heterocycles. The van der Waals surface area contributed by atoms with Gasteiger partial charge in [-0.15, -0.1) is 10.2 Å². The first-order valence-electron chi connectivity index (χ1n) is 7.04. The number of nitrogens with zero attached hydrogens (tertiary/aromatic N) is 2. The van der Waals surface area contributed by atoms with Crippen molar-refractivity contribution in [1.82, 2.24) is 10.2 Å². The molecule has 3 N–H and O–H groups in total. The molecule has 7 nitrogen and oxygen atoms in total. The van der Waals surface area contributed by atoms with Crippen molar-refractivity contribution in [3.63, 3.8) is 0 Å². The number of aryl methyl sites for hydroxylation is 1. The topological polar surface area (TPSA) is 107 Å². The van der Waals surface area contributed by atoms with Crippen molar-refractivity contribution in [1.29, 1.82) is 0 Å². The lowest BCUT2D eigenvalue weighted by Gasteiger charge is -2.07. The summed E-state index contributed by atoms with van der Waals surface area (Å²) in [5, 5.41) is 12.1. The summed E-state index contributed by atoms with van der Waals surface area (Å²) in [6, 6.07) is 0.129. The van der Waals surface area contributed by atoms with Crippen molar-refractivity contribution < 1.29 is 14.3 Å². The van der Waals surface area contributed by atoms with Crippen molar-refractivity contribution in [2.75, 3.05) is 12.4 Å². The number of amides is 1. The van der Waals surface area contributed by atoms with Crippen LogP contribution in [-0.4, -0.2) is 35.2 Å². The maximum Gasteiger partial charge on any atom is 0.305 e. The summed E-state index contributed by atoms with van der Waals surface area (Å²) in [5.74, 6) is -0.280. The monoisotopic (exact) mass is 312 g/mol. The smallest absolute Gasteiger partial charge is 0.305 e. The third-order valence-corrected chi connectivity index (χ3v) is 4.44. The Hall–Kier alpha value is -1.54. The van der Waals surface area contributed by atoms with Gasteiger partial charge in [0.25, 0.3) is 0 Å². The molecule has 1 fully saturated rings. The third kappa shape index (κ3) is 4.75. The Kier molecular flexibility index (Phi) is 5.63. The SMILES string of the molecule is COC(=O)CCCc1nnc(NC(=O)C2CCC(N)C2)s1. The van der Waals surface area contributed by atoms with Crippen LogP contribution in [0.3, 0.4) is 0 Å². The Bertz CT molecular complexity index is 505. The van der Waals surface area contributed by atoms with E-state index < -0.39 is 0 Å². The lowest BCUT2D eigenvalue weighted by Crippen LogP contribution is -2.23. The molecule has 0 radical (unpaired) electrons. The molecule has 1 aromatic rings. The molecular formula is C13H20N4O3S. The second kappa shape index (κ2) is 7.46. The van der Waals surface area contributed by atoms with Gasteiger partial charge in [-0.1, -0.05) is 11.3 Å². The van der Waals surface area contributed by atoms with Crippen molar-refractivity contribution in [3.8, 4) is 0 Å². The van der Waals surface area contributed by atoms with Gasteiger partial charge in [0.1, 0.15) is 5.01 Å². The second-order valence-corrected chi connectivity index (χ2v) is 6.25. The quantitative estimate of drug-likeness (QED) is 0.762. The third-order valence-electron chi connectivity index (χ3n) is 3.54. The number of hydrogen-bond acceptors (Lipinski definition) is 7. The molecule has 8 heteroatoms. The van der Waals surface area contributed by atoms with Crippen LogP contribution in [0.5, 0.6) is 0 Å². The van der Waals surface area contributed by atoms with Crippen LogP contribution in [0, 0.1) is 5.92 Å². The highest BCUT2D eigenvalue weighted by Gasteiger charge is 2.28. The minimum atomic E-state index is -0.231. The molecule has 1 amide bonds. The first-order chi connectivity index (χ1) is 10.1. The van der Waals surface area contributed by atoms with E-state index in [4.69, 9.17) is 5.73 Å². The van der Waals surface area contributed by atoms with E-state index in [9.17, 15) is 9.59 Å². The summed E-state index contributed by atoms with van der Waals surface area (Å²) in [4.78, 5) is 23.0. The zero-order chi connectivity index (χ0) is 15.2. The Morgan fingerprint density at radius 2 is 2.24 bits per heavy atom. The van der Waals surface area contributed by atoms with Crippen molar-refractivity contribution >= 4 is 28.3 Å². The number of hydrogen-bond donors (Lipinski definition) is 2. The van der Waals surface area contributed by atoms with E-state index in [2.05, 4.69) is 20.3 Å². The number of methoxy groups -OCH3 is 1. The normalized spacial score (nSPS) is 21.2. The second-order valence-electron chi connectivity index (χ2n) is 5.19. The number of aromatic nitrogens is 2. The number of carbonyl (C=O) groups is 2. The summed E-state index contributed by atoms with van der Waals surface area (Å²) in [6.07, 6.45) is 4.13. The summed E-state index contributed by atoms with van der Waals surface area (Å²) < 4.78 is 4.57. The lowest BCUT2D eigenvalue weighted by atomic mass is 10.1. The molecular weight excluding hydrogens is 292 g/mol. The molecule has 21 heavy (non-hydrogen) atoms. The van der Waals surface area contributed by atoms with Crippen LogP contribution in [0.2, 0.25) is 0 Å². The number of ether oxygens (including phenoxy) is 1. The molecule has 0 spiro atoms. The number of nitrogens with one attached hydrogen (secondary N) is 1. The van der Waals surface area contributed by atoms with Gasteiger partial charge >= 0.3 is 5.97 Å². The highest BCUT2D eigenvalue weighted by Crippen LogP contribution is 2.26. The number of esters is 1. The highest BCUT2D eigenvalue weighted by atomic mass is 32.1. The van der Waals surface area contributed by atoms with Crippen LogP contribution in [0.25, 0.3) is 0 Å². The Balaban J connectivity index is 1.77. The van der Waals surface area contributed by atoms with Gasteiger partial charge in [-0.05, 0) is 25.7 Å². The zero-order valence-electron chi connectivity index (χ0n) is 12.0. The fourth-order valence-corrected chi connectivity index (χ4v) is 3.14.